The van der Waals surface area contributed by atoms with E-state index in [2.05, 4.69) is 12.2 Å². The van der Waals surface area contributed by atoms with Crippen LogP contribution in [0.2, 0.25) is 0 Å². The van der Waals surface area contributed by atoms with E-state index in [4.69, 9.17) is 14.8 Å². The molecule has 0 fully saturated rings. The first-order valence-corrected chi connectivity index (χ1v) is 12.0. The van der Waals surface area contributed by atoms with Crippen LogP contribution in [-0.2, 0) is 11.4 Å². The third kappa shape index (κ3) is 4.50. The fourth-order valence-corrected chi connectivity index (χ4v) is 4.49. The Kier molecular flexibility index (Phi) is 6.13. The van der Waals surface area contributed by atoms with Crippen molar-refractivity contribution in [3.63, 3.8) is 0 Å². The Bertz CT molecular complexity index is 1310. The molecule has 0 aromatic heterocycles. The molecule has 166 valence electrons. The number of carbonyl (C=O) groups excluding carboxylic acids is 1. The molecule has 7 heteroatoms. The first kappa shape index (κ1) is 21.3. The normalized spacial score (nSPS) is 16.8. The van der Waals surface area contributed by atoms with E-state index in [0.29, 0.717) is 17.5 Å². The molecule has 1 amide bonds. The molecular formula is C26H24N4O2S. The van der Waals surface area contributed by atoms with Gasteiger partial charge in [-0.1, -0.05) is 79.3 Å². The van der Waals surface area contributed by atoms with Gasteiger partial charge in [-0.25, -0.2) is 5.01 Å². The fourth-order valence-electron chi connectivity index (χ4n) is 3.79. The summed E-state index contributed by atoms with van der Waals surface area (Å²) in [5, 5.41) is 11.6. The third-order valence-corrected chi connectivity index (χ3v) is 6.45. The number of hydrogen-bond donors (Lipinski definition) is 1. The number of hydrazone groups is 1. The number of carbonyl (C=O) groups is 1. The molecule has 6 nitrogen and oxygen atoms in total. The summed E-state index contributed by atoms with van der Waals surface area (Å²) in [4.78, 5) is 18.0. The lowest BCUT2D eigenvalue weighted by Crippen LogP contribution is -2.50. The Morgan fingerprint density at radius 3 is 2.55 bits per heavy atom. The van der Waals surface area contributed by atoms with Gasteiger partial charge in [-0.05, 0) is 35.7 Å². The maximum Gasteiger partial charge on any atom is 0.276 e. The van der Waals surface area contributed by atoms with Crippen LogP contribution in [0.25, 0.3) is 5.70 Å². The highest BCUT2D eigenvalue weighted by atomic mass is 32.2. The molecule has 0 saturated heterocycles. The highest BCUT2D eigenvalue weighted by molar-refractivity contribution is 8.13. The van der Waals surface area contributed by atoms with E-state index < -0.39 is 6.17 Å². The zero-order valence-electron chi connectivity index (χ0n) is 18.3. The van der Waals surface area contributed by atoms with Gasteiger partial charge in [0.2, 0.25) is 0 Å². The van der Waals surface area contributed by atoms with Gasteiger partial charge in [-0.2, -0.15) is 0 Å². The molecule has 2 aliphatic rings. The molecule has 0 aliphatic carbocycles. The molecule has 3 aromatic rings. The first-order chi connectivity index (χ1) is 16.2. The summed E-state index contributed by atoms with van der Waals surface area (Å²) >= 11 is 1.54. The number of benzene rings is 3. The fraction of sp³-hybridized carbons (Fsp3) is 0.192. The van der Waals surface area contributed by atoms with Gasteiger partial charge in [-0.3, -0.25) is 15.1 Å². The molecule has 33 heavy (non-hydrogen) atoms. The van der Waals surface area contributed by atoms with Gasteiger partial charge < -0.3 is 4.74 Å². The molecule has 0 radical (unpaired) electrons. The lowest BCUT2D eigenvalue weighted by atomic mass is 10.1. The Morgan fingerprint density at radius 2 is 1.76 bits per heavy atom. The van der Waals surface area contributed by atoms with E-state index in [9.17, 15) is 4.79 Å². The van der Waals surface area contributed by atoms with E-state index in [0.717, 1.165) is 39.6 Å². The molecule has 1 unspecified atom stereocenters. The van der Waals surface area contributed by atoms with Crippen molar-refractivity contribution in [2.45, 2.75) is 26.1 Å². The SMILES string of the molecule is CCCSC1=NN2C(=c3ccccc3=NC2c2ccc(OCc3ccccc3)cc2)C(=O)N1. The van der Waals surface area contributed by atoms with E-state index in [1.165, 1.54) is 0 Å². The van der Waals surface area contributed by atoms with Crippen molar-refractivity contribution >= 4 is 28.5 Å². The first-order valence-electron chi connectivity index (χ1n) is 11.0. The van der Waals surface area contributed by atoms with Crippen LogP contribution in [0.3, 0.4) is 0 Å². The predicted octanol–water partition coefficient (Wildman–Crippen LogP) is 3.55. The summed E-state index contributed by atoms with van der Waals surface area (Å²) in [7, 11) is 0. The van der Waals surface area contributed by atoms with E-state index in [-0.39, 0.29) is 5.91 Å². The molecule has 2 heterocycles. The minimum atomic E-state index is -0.429. The standard InChI is InChI=1S/C26H24N4O2S/c1-2-16-33-26-28-25(31)23-21-10-6-7-11-22(21)27-24(30(23)29-26)19-12-14-20(15-13-19)32-17-18-8-4-3-5-9-18/h3-15,24H,2,16-17H2,1H3,(H,28,29,31). The van der Waals surface area contributed by atoms with Gasteiger partial charge >= 0.3 is 0 Å². The van der Waals surface area contributed by atoms with E-state index in [1.54, 1.807) is 16.8 Å². The van der Waals surface area contributed by atoms with Crippen molar-refractivity contribution in [3.8, 4) is 5.75 Å². The molecule has 0 bridgehead atoms. The highest BCUT2D eigenvalue weighted by Crippen LogP contribution is 2.31. The van der Waals surface area contributed by atoms with Crippen LogP contribution in [0.1, 0.15) is 30.6 Å². The largest absolute Gasteiger partial charge is 0.489 e. The second-order valence-electron chi connectivity index (χ2n) is 7.76. The van der Waals surface area contributed by atoms with Crippen LogP contribution in [0, 0.1) is 0 Å². The summed E-state index contributed by atoms with van der Waals surface area (Å²) in [5.74, 6) is 1.51. The van der Waals surface area contributed by atoms with Crippen LogP contribution in [0.15, 0.2) is 89.0 Å². The smallest absolute Gasteiger partial charge is 0.276 e. The lowest BCUT2D eigenvalue weighted by molar-refractivity contribution is -0.116. The molecule has 0 saturated carbocycles. The van der Waals surface area contributed by atoms with Crippen molar-refractivity contribution in [1.29, 1.82) is 0 Å². The summed E-state index contributed by atoms with van der Waals surface area (Å²) in [6.45, 7) is 2.61. The maximum absolute atomic E-state index is 13.1. The van der Waals surface area contributed by atoms with Crippen LogP contribution in [-0.4, -0.2) is 21.8 Å². The van der Waals surface area contributed by atoms with Gasteiger partial charge in [0, 0.05) is 11.0 Å². The molecule has 3 aromatic carbocycles. The summed E-state index contributed by atoms with van der Waals surface area (Å²) < 4.78 is 5.93. The minimum absolute atomic E-state index is 0.154. The van der Waals surface area contributed by atoms with Crippen molar-refractivity contribution in [2.75, 3.05) is 5.75 Å². The quantitative estimate of drug-likeness (QED) is 0.616. The summed E-state index contributed by atoms with van der Waals surface area (Å²) in [6, 6.07) is 25.6. The number of para-hydroxylation sites is 1. The number of amides is 1. The number of ether oxygens (including phenoxy) is 1. The van der Waals surface area contributed by atoms with E-state index >= 15 is 0 Å². The second-order valence-corrected chi connectivity index (χ2v) is 8.85. The Balaban J connectivity index is 1.46. The highest BCUT2D eigenvalue weighted by Gasteiger charge is 2.34. The third-order valence-electron chi connectivity index (χ3n) is 5.38. The average Bonchev–Trinajstić information content (AvgIpc) is 2.86. The minimum Gasteiger partial charge on any atom is -0.489 e. The molecule has 2 aliphatic heterocycles. The van der Waals surface area contributed by atoms with Gasteiger partial charge in [0.05, 0.1) is 5.36 Å². The van der Waals surface area contributed by atoms with Crippen LogP contribution >= 0.6 is 11.8 Å². The number of amidine groups is 1. The van der Waals surface area contributed by atoms with Gasteiger partial charge in [0.15, 0.2) is 11.3 Å². The van der Waals surface area contributed by atoms with Gasteiger partial charge in [0.25, 0.3) is 5.91 Å². The number of fused-ring (bicyclic) bond motifs is 2. The zero-order valence-corrected chi connectivity index (χ0v) is 19.1. The van der Waals surface area contributed by atoms with Crippen molar-refractivity contribution < 1.29 is 9.53 Å². The van der Waals surface area contributed by atoms with Crippen molar-refractivity contribution in [2.24, 2.45) is 10.1 Å². The Hall–Kier alpha value is -3.58. The number of nitrogens with one attached hydrogen (secondary N) is 1. The average molecular weight is 457 g/mol. The van der Waals surface area contributed by atoms with Crippen molar-refractivity contribution in [1.82, 2.24) is 10.3 Å². The zero-order chi connectivity index (χ0) is 22.6. The summed E-state index contributed by atoms with van der Waals surface area (Å²) in [5.41, 5.74) is 2.58. The summed E-state index contributed by atoms with van der Waals surface area (Å²) in [6.07, 6.45) is 0.568. The van der Waals surface area contributed by atoms with Crippen molar-refractivity contribution in [3.05, 3.63) is 101 Å². The Morgan fingerprint density at radius 1 is 1.00 bits per heavy atom. The second kappa shape index (κ2) is 9.50. The molecule has 1 N–H and O–H groups in total. The van der Waals surface area contributed by atoms with Gasteiger partial charge in [0.1, 0.15) is 18.1 Å². The van der Waals surface area contributed by atoms with Crippen LogP contribution < -0.4 is 20.6 Å². The van der Waals surface area contributed by atoms with Crippen LogP contribution in [0.5, 0.6) is 5.75 Å². The molecule has 0 spiro atoms. The molecular weight excluding hydrogens is 432 g/mol. The Labute approximate surface area is 196 Å². The monoisotopic (exact) mass is 456 g/mol. The number of rotatable bonds is 6. The lowest BCUT2D eigenvalue weighted by Gasteiger charge is -2.34. The maximum atomic E-state index is 13.1. The molecule has 1 atom stereocenters. The van der Waals surface area contributed by atoms with Crippen LogP contribution in [0.4, 0.5) is 0 Å². The number of hydrogen-bond acceptors (Lipinski definition) is 6. The van der Waals surface area contributed by atoms with E-state index in [1.807, 2.05) is 78.9 Å². The number of nitrogens with zero attached hydrogens (tertiary/aromatic N) is 3. The predicted molar refractivity (Wildman–Crippen MR) is 131 cm³/mol. The molecule has 5 rings (SSSR count). The number of thioether (sulfide) groups is 1. The topological polar surface area (TPSA) is 66.3 Å². The van der Waals surface area contributed by atoms with Gasteiger partial charge in [-0.15, -0.1) is 5.10 Å².